The first-order valence-electron chi connectivity index (χ1n) is 13.4. The Morgan fingerprint density at radius 3 is 1.98 bits per heavy atom. The summed E-state index contributed by atoms with van der Waals surface area (Å²) in [4.78, 5) is 34.8. The van der Waals surface area contributed by atoms with Gasteiger partial charge in [-0.25, -0.2) is 23.7 Å². The van der Waals surface area contributed by atoms with Crippen molar-refractivity contribution in [1.82, 2.24) is 24.4 Å². The lowest BCUT2D eigenvalue weighted by molar-refractivity contribution is 0.190. The third-order valence-electron chi connectivity index (χ3n) is 7.40. The molecule has 10 heteroatoms. The fraction of sp³-hybridized carbons (Fsp3) is 0.0909. The van der Waals surface area contributed by atoms with Crippen molar-refractivity contribution in [2.75, 3.05) is 0 Å². The maximum absolute atomic E-state index is 14.4. The van der Waals surface area contributed by atoms with Gasteiger partial charge in [0.1, 0.15) is 17.2 Å². The van der Waals surface area contributed by atoms with Crippen molar-refractivity contribution in [3.05, 3.63) is 159 Å². The summed E-state index contributed by atoms with van der Waals surface area (Å²) < 4.78 is 17.5. The van der Waals surface area contributed by atoms with E-state index in [-0.39, 0.29) is 27.6 Å². The first-order chi connectivity index (χ1) is 20.8. The summed E-state index contributed by atoms with van der Waals surface area (Å²) in [5.41, 5.74) is 1.32. The van der Waals surface area contributed by atoms with Gasteiger partial charge in [0.2, 0.25) is 0 Å². The highest BCUT2D eigenvalue weighted by molar-refractivity contribution is 6.35. The van der Waals surface area contributed by atoms with E-state index in [2.05, 4.69) is 15.3 Å². The van der Waals surface area contributed by atoms with E-state index in [1.165, 1.54) is 4.57 Å². The van der Waals surface area contributed by atoms with Gasteiger partial charge in [-0.3, -0.25) is 4.79 Å². The van der Waals surface area contributed by atoms with Crippen LogP contribution in [0.15, 0.2) is 120 Å². The number of fused-ring (bicyclic) bond motifs is 1. The molecule has 0 aliphatic heterocycles. The predicted octanol–water partition coefficient (Wildman–Crippen LogP) is 6.54. The molecule has 0 aliphatic rings. The number of aromatic nitrogens is 4. The molecule has 43 heavy (non-hydrogen) atoms. The van der Waals surface area contributed by atoms with Crippen LogP contribution in [0.1, 0.15) is 35.5 Å². The minimum absolute atomic E-state index is 0.0448. The third kappa shape index (κ3) is 4.83. The highest BCUT2D eigenvalue weighted by Gasteiger charge is 2.38. The highest BCUT2D eigenvalue weighted by Crippen LogP contribution is 2.41. The van der Waals surface area contributed by atoms with Crippen LogP contribution in [0.25, 0.3) is 16.7 Å². The molecular formula is C33H25ClFN5O3. The maximum atomic E-state index is 14.4. The van der Waals surface area contributed by atoms with E-state index in [0.717, 1.165) is 28.8 Å². The second kappa shape index (κ2) is 11.2. The van der Waals surface area contributed by atoms with Gasteiger partial charge in [0, 0.05) is 0 Å². The molecule has 0 bridgehead atoms. The van der Waals surface area contributed by atoms with E-state index >= 15 is 0 Å². The number of hydrogen-bond donors (Lipinski definition) is 2. The second-order valence-corrected chi connectivity index (χ2v) is 10.4. The topological polar surface area (TPSA) is 102 Å². The number of nitrogens with zero attached hydrogens (tertiary/aromatic N) is 4. The highest BCUT2D eigenvalue weighted by atomic mass is 35.5. The molecule has 0 saturated heterocycles. The zero-order chi connectivity index (χ0) is 30.1. The van der Waals surface area contributed by atoms with Gasteiger partial charge in [0.05, 0.1) is 34.5 Å². The molecule has 2 N–H and O–H groups in total. The molecule has 0 spiro atoms. The van der Waals surface area contributed by atoms with E-state index in [1.54, 1.807) is 19.4 Å². The molecule has 8 nitrogen and oxygen atoms in total. The molecule has 0 fully saturated rings. The molecule has 4 aromatic carbocycles. The fourth-order valence-electron chi connectivity index (χ4n) is 5.59. The molecule has 0 aliphatic carbocycles. The molecule has 6 aromatic rings. The summed E-state index contributed by atoms with van der Waals surface area (Å²) >= 11 is 6.28. The lowest BCUT2D eigenvalue weighted by Crippen LogP contribution is -2.37. The lowest BCUT2D eigenvalue weighted by atomic mass is 9.77. The number of imidazole rings is 1. The molecule has 2 aromatic heterocycles. The second-order valence-electron chi connectivity index (χ2n) is 10.0. The number of rotatable bonds is 7. The minimum atomic E-state index is -1.31. The standard InChI is InChI=1S/C33H25ClFN5O3/c1-21(37-32(42)43)30-38-29-26(17-25(35)18-27(29)34)31(41)40(30)28-19-39(20-36-28)33(22-11-5-2-6-12-22,23-13-7-3-8-14-23)24-15-9-4-10-16-24/h2-21,37H,1H3,(H,42,43). The van der Waals surface area contributed by atoms with Crippen LogP contribution in [0, 0.1) is 5.82 Å². The lowest BCUT2D eigenvalue weighted by Gasteiger charge is -2.37. The van der Waals surface area contributed by atoms with Gasteiger partial charge in [-0.05, 0) is 35.7 Å². The zero-order valence-electron chi connectivity index (χ0n) is 22.9. The molecule has 1 amide bonds. The summed E-state index contributed by atoms with van der Waals surface area (Å²) in [6.45, 7) is 1.55. The quantitative estimate of drug-likeness (QED) is 0.205. The number of benzene rings is 4. The van der Waals surface area contributed by atoms with Gasteiger partial charge in [-0.2, -0.15) is 0 Å². The van der Waals surface area contributed by atoms with Crippen molar-refractivity contribution in [1.29, 1.82) is 0 Å². The number of nitrogens with one attached hydrogen (secondary N) is 1. The van der Waals surface area contributed by atoms with Crippen molar-refractivity contribution in [2.24, 2.45) is 0 Å². The smallest absolute Gasteiger partial charge is 0.405 e. The molecule has 1 atom stereocenters. The van der Waals surface area contributed by atoms with Crippen LogP contribution >= 0.6 is 11.6 Å². The first kappa shape index (κ1) is 27.9. The van der Waals surface area contributed by atoms with Crippen molar-refractivity contribution in [2.45, 2.75) is 18.5 Å². The molecule has 2 heterocycles. The Kier molecular flexibility index (Phi) is 7.25. The molecular weight excluding hydrogens is 569 g/mol. The van der Waals surface area contributed by atoms with Crippen LogP contribution in [-0.2, 0) is 5.54 Å². The molecule has 214 valence electrons. The molecule has 0 saturated carbocycles. The van der Waals surface area contributed by atoms with Crippen LogP contribution < -0.4 is 10.9 Å². The average molecular weight is 594 g/mol. The van der Waals surface area contributed by atoms with Gasteiger partial charge >= 0.3 is 6.09 Å². The van der Waals surface area contributed by atoms with Crippen molar-refractivity contribution in [3.63, 3.8) is 0 Å². The molecule has 0 radical (unpaired) electrons. The van der Waals surface area contributed by atoms with Crippen LogP contribution in [-0.4, -0.2) is 30.3 Å². The van der Waals surface area contributed by atoms with Crippen LogP contribution in [0.3, 0.4) is 0 Å². The van der Waals surface area contributed by atoms with Crippen molar-refractivity contribution >= 4 is 28.6 Å². The van der Waals surface area contributed by atoms with Crippen LogP contribution in [0.5, 0.6) is 0 Å². The SMILES string of the molecule is CC(NC(=O)O)c1nc2c(Cl)cc(F)cc2c(=O)n1-c1cn(C(c2ccccc2)(c2ccccc2)c2ccccc2)cn1. The van der Waals surface area contributed by atoms with Gasteiger partial charge in [-0.1, -0.05) is 103 Å². The van der Waals surface area contributed by atoms with E-state index in [1.807, 2.05) is 95.6 Å². The van der Waals surface area contributed by atoms with Crippen molar-refractivity contribution < 1.29 is 14.3 Å². The van der Waals surface area contributed by atoms with E-state index in [0.29, 0.717) is 0 Å². The molecule has 6 rings (SSSR count). The maximum Gasteiger partial charge on any atom is 0.405 e. The van der Waals surface area contributed by atoms with Crippen LogP contribution in [0.2, 0.25) is 5.02 Å². The summed E-state index contributed by atoms with van der Waals surface area (Å²) in [5, 5.41) is 11.7. The monoisotopic (exact) mass is 593 g/mol. The number of carboxylic acid groups (broad SMARTS) is 1. The van der Waals surface area contributed by atoms with Gasteiger partial charge in [0.25, 0.3) is 5.56 Å². The number of carbonyl (C=O) groups is 1. The summed E-state index contributed by atoms with van der Waals surface area (Å²) in [6.07, 6.45) is 2.02. The van der Waals surface area contributed by atoms with E-state index in [4.69, 9.17) is 11.6 Å². The van der Waals surface area contributed by atoms with Gasteiger partial charge in [-0.15, -0.1) is 0 Å². The fourth-order valence-corrected chi connectivity index (χ4v) is 5.84. The van der Waals surface area contributed by atoms with Gasteiger partial charge in [0.15, 0.2) is 5.82 Å². The average Bonchev–Trinajstić information content (AvgIpc) is 3.49. The Labute approximate surface area is 250 Å². The molecule has 1 unspecified atom stereocenters. The Balaban J connectivity index is 1.67. The number of amides is 1. The Hall–Kier alpha value is -5.28. The van der Waals surface area contributed by atoms with E-state index < -0.39 is 29.1 Å². The first-order valence-corrected chi connectivity index (χ1v) is 13.8. The largest absolute Gasteiger partial charge is 0.465 e. The Morgan fingerprint density at radius 1 is 0.930 bits per heavy atom. The summed E-state index contributed by atoms with van der Waals surface area (Å²) in [5.74, 6) is -0.487. The Morgan fingerprint density at radius 2 is 1.47 bits per heavy atom. The minimum Gasteiger partial charge on any atom is -0.465 e. The predicted molar refractivity (Wildman–Crippen MR) is 162 cm³/mol. The zero-order valence-corrected chi connectivity index (χ0v) is 23.6. The van der Waals surface area contributed by atoms with E-state index in [9.17, 15) is 19.1 Å². The summed E-state index contributed by atoms with van der Waals surface area (Å²) in [6, 6.07) is 30.9. The third-order valence-corrected chi connectivity index (χ3v) is 7.69. The normalized spacial score (nSPS) is 12.3. The number of hydrogen-bond acceptors (Lipinski definition) is 4. The van der Waals surface area contributed by atoms with Crippen molar-refractivity contribution in [3.8, 4) is 5.82 Å². The number of halogens is 2. The van der Waals surface area contributed by atoms with Crippen LogP contribution in [0.4, 0.5) is 9.18 Å². The van der Waals surface area contributed by atoms with Gasteiger partial charge < -0.3 is 15.0 Å². The summed E-state index contributed by atoms with van der Waals surface area (Å²) in [7, 11) is 0. The Bertz CT molecular complexity index is 1900.